The minimum Gasteiger partial charge on any atom is -0.467 e. The van der Waals surface area contributed by atoms with E-state index >= 15 is 0 Å². The van der Waals surface area contributed by atoms with Gasteiger partial charge in [0.25, 0.3) is 11.8 Å². The Morgan fingerprint density at radius 2 is 1.84 bits per heavy atom. The van der Waals surface area contributed by atoms with E-state index in [2.05, 4.69) is 5.32 Å². The van der Waals surface area contributed by atoms with Gasteiger partial charge in [-0.1, -0.05) is 12.1 Å². The van der Waals surface area contributed by atoms with Gasteiger partial charge in [0.1, 0.15) is 22.9 Å². The average molecular weight is 430 g/mol. The Kier molecular flexibility index (Phi) is 4.97. The van der Waals surface area contributed by atoms with Crippen LogP contribution in [0.2, 0.25) is 0 Å². The van der Waals surface area contributed by atoms with Gasteiger partial charge in [-0.05, 0) is 42.5 Å². The molecule has 4 rings (SSSR count). The average Bonchev–Trinajstić information content (AvgIpc) is 3.40. The van der Waals surface area contributed by atoms with Crippen molar-refractivity contribution < 1.29 is 36.4 Å². The Morgan fingerprint density at radius 1 is 1.03 bits per heavy atom. The fourth-order valence-electron chi connectivity index (χ4n) is 2.97. The molecule has 10 heteroatoms. The molecule has 0 spiro atoms. The van der Waals surface area contributed by atoms with Crippen LogP contribution in [-0.2, 0) is 22.3 Å². The van der Waals surface area contributed by atoms with E-state index in [1.54, 1.807) is 12.1 Å². The second-order valence-electron chi connectivity index (χ2n) is 6.57. The third kappa shape index (κ3) is 4.13. The minimum atomic E-state index is -4.51. The Bertz CT molecular complexity index is 1190. The molecule has 1 aliphatic heterocycles. The van der Waals surface area contributed by atoms with Crippen LogP contribution in [0, 0.1) is 0 Å². The smallest absolute Gasteiger partial charge is 0.416 e. The third-order valence-electron chi connectivity index (χ3n) is 4.47. The molecule has 0 unspecified atom stereocenters. The summed E-state index contributed by atoms with van der Waals surface area (Å²) < 4.78 is 49.4. The lowest BCUT2D eigenvalue weighted by molar-refractivity contribution is -0.137. The standard InChI is InChI=1S/C21H13F3N2O5/c22-21(23,24)13-4-1-3-12(9-13)17-7-6-14(31-17)10-16-18(27)25-20(29)26(19(16)28)11-15-5-2-8-30-15/h1-10H,11H2,(H,25,27,29)/b16-10+. The predicted octanol–water partition coefficient (Wildman–Crippen LogP) is 4.22. The molecular weight excluding hydrogens is 417 g/mol. The van der Waals surface area contributed by atoms with E-state index in [1.807, 2.05) is 0 Å². The molecule has 158 valence electrons. The van der Waals surface area contributed by atoms with Crippen LogP contribution < -0.4 is 5.32 Å². The highest BCUT2D eigenvalue weighted by Crippen LogP contribution is 2.33. The number of barbiturate groups is 1. The fraction of sp³-hybridized carbons (Fsp3) is 0.0952. The number of hydrogen-bond acceptors (Lipinski definition) is 5. The van der Waals surface area contributed by atoms with Gasteiger partial charge in [-0.25, -0.2) is 4.79 Å². The van der Waals surface area contributed by atoms with Crippen molar-refractivity contribution in [3.8, 4) is 11.3 Å². The first-order valence-electron chi connectivity index (χ1n) is 8.91. The van der Waals surface area contributed by atoms with Crippen LogP contribution in [-0.4, -0.2) is 22.7 Å². The van der Waals surface area contributed by atoms with Crippen molar-refractivity contribution in [2.45, 2.75) is 12.7 Å². The molecule has 0 atom stereocenters. The number of carbonyl (C=O) groups is 3. The van der Waals surface area contributed by atoms with E-state index in [1.165, 1.54) is 30.5 Å². The molecule has 4 amide bonds. The highest BCUT2D eigenvalue weighted by atomic mass is 19.4. The van der Waals surface area contributed by atoms with E-state index in [0.29, 0.717) is 5.76 Å². The number of benzene rings is 1. The largest absolute Gasteiger partial charge is 0.467 e. The molecule has 1 saturated heterocycles. The summed E-state index contributed by atoms with van der Waals surface area (Å²) in [7, 11) is 0. The topological polar surface area (TPSA) is 92.8 Å². The van der Waals surface area contributed by atoms with Crippen LogP contribution in [0.1, 0.15) is 17.1 Å². The Morgan fingerprint density at radius 3 is 2.55 bits per heavy atom. The molecule has 2 aromatic heterocycles. The number of hydrogen-bond donors (Lipinski definition) is 1. The van der Waals surface area contributed by atoms with Crippen molar-refractivity contribution in [1.29, 1.82) is 0 Å². The normalized spacial score (nSPS) is 16.2. The van der Waals surface area contributed by atoms with Crippen LogP contribution in [0.25, 0.3) is 17.4 Å². The van der Waals surface area contributed by atoms with E-state index in [-0.39, 0.29) is 29.2 Å². The molecule has 0 radical (unpaired) electrons. The second-order valence-corrected chi connectivity index (χ2v) is 6.57. The molecular formula is C21H13F3N2O5. The van der Waals surface area contributed by atoms with E-state index in [0.717, 1.165) is 23.1 Å². The lowest BCUT2D eigenvalue weighted by Gasteiger charge is -2.25. The number of alkyl halides is 3. The lowest BCUT2D eigenvalue weighted by Crippen LogP contribution is -2.53. The van der Waals surface area contributed by atoms with Crippen molar-refractivity contribution in [3.63, 3.8) is 0 Å². The van der Waals surface area contributed by atoms with Gasteiger partial charge >= 0.3 is 12.2 Å². The van der Waals surface area contributed by atoms with Crippen LogP contribution in [0.4, 0.5) is 18.0 Å². The number of nitrogens with zero attached hydrogens (tertiary/aromatic N) is 1. The molecule has 0 aliphatic carbocycles. The van der Waals surface area contributed by atoms with Gasteiger partial charge in [0.15, 0.2) is 0 Å². The lowest BCUT2D eigenvalue weighted by atomic mass is 10.1. The molecule has 1 fully saturated rings. The van der Waals surface area contributed by atoms with Crippen molar-refractivity contribution in [2.24, 2.45) is 0 Å². The monoisotopic (exact) mass is 430 g/mol. The summed E-state index contributed by atoms with van der Waals surface area (Å²) in [6, 6.07) is 9.61. The van der Waals surface area contributed by atoms with Crippen LogP contribution in [0.15, 0.2) is 69.2 Å². The van der Waals surface area contributed by atoms with E-state index in [4.69, 9.17) is 8.83 Å². The third-order valence-corrected chi connectivity index (χ3v) is 4.47. The van der Waals surface area contributed by atoms with Crippen LogP contribution in [0.3, 0.4) is 0 Å². The van der Waals surface area contributed by atoms with E-state index < -0.39 is 29.6 Å². The van der Waals surface area contributed by atoms with Crippen LogP contribution >= 0.6 is 0 Å². The first kappa shape index (κ1) is 20.2. The van der Waals surface area contributed by atoms with Gasteiger partial charge < -0.3 is 8.83 Å². The SMILES string of the molecule is O=C1NC(=O)N(Cc2ccco2)C(=O)/C1=C/c1ccc(-c2cccc(C(F)(F)F)c2)o1. The molecule has 7 nitrogen and oxygen atoms in total. The molecule has 1 aromatic carbocycles. The van der Waals surface area contributed by atoms with E-state index in [9.17, 15) is 27.6 Å². The molecule has 1 N–H and O–H groups in total. The summed E-state index contributed by atoms with van der Waals surface area (Å²) >= 11 is 0. The second kappa shape index (κ2) is 7.63. The van der Waals surface area contributed by atoms with Gasteiger partial charge in [0.2, 0.25) is 0 Å². The zero-order valence-corrected chi connectivity index (χ0v) is 15.6. The van der Waals surface area contributed by atoms with Gasteiger partial charge in [0.05, 0.1) is 18.4 Å². The predicted molar refractivity (Wildman–Crippen MR) is 99.9 cm³/mol. The van der Waals surface area contributed by atoms with Gasteiger partial charge in [-0.3, -0.25) is 19.8 Å². The van der Waals surface area contributed by atoms with Crippen molar-refractivity contribution in [3.05, 3.63) is 77.5 Å². The molecule has 3 aromatic rings. The summed E-state index contributed by atoms with van der Waals surface area (Å²) in [6.45, 7) is -0.185. The number of amides is 4. The van der Waals surface area contributed by atoms with Crippen molar-refractivity contribution in [1.82, 2.24) is 10.2 Å². The molecule has 31 heavy (non-hydrogen) atoms. The maximum Gasteiger partial charge on any atom is 0.416 e. The number of urea groups is 1. The zero-order chi connectivity index (χ0) is 22.2. The Hall–Kier alpha value is -4.08. The quantitative estimate of drug-likeness (QED) is 0.494. The van der Waals surface area contributed by atoms with Crippen molar-refractivity contribution in [2.75, 3.05) is 0 Å². The summed E-state index contributed by atoms with van der Waals surface area (Å²) in [6.07, 6.45) is -2.01. The number of carbonyl (C=O) groups excluding carboxylic acids is 3. The fourth-order valence-corrected chi connectivity index (χ4v) is 2.97. The molecule has 1 aliphatic rings. The van der Waals surface area contributed by atoms with Gasteiger partial charge in [0, 0.05) is 5.56 Å². The maximum atomic E-state index is 12.9. The molecule has 0 bridgehead atoms. The number of furan rings is 2. The summed E-state index contributed by atoms with van der Waals surface area (Å²) in [5.74, 6) is -1.27. The van der Waals surface area contributed by atoms with Gasteiger partial charge in [-0.15, -0.1) is 0 Å². The van der Waals surface area contributed by atoms with Crippen LogP contribution in [0.5, 0.6) is 0 Å². The minimum absolute atomic E-state index is 0.0539. The highest BCUT2D eigenvalue weighted by molar-refractivity contribution is 6.30. The van der Waals surface area contributed by atoms with Crippen molar-refractivity contribution >= 4 is 23.9 Å². The number of nitrogens with one attached hydrogen (secondary N) is 1. The summed E-state index contributed by atoms with van der Waals surface area (Å²) in [4.78, 5) is 37.7. The molecule has 0 saturated carbocycles. The first-order valence-corrected chi connectivity index (χ1v) is 8.91. The molecule has 3 heterocycles. The number of halogens is 3. The summed E-state index contributed by atoms with van der Waals surface area (Å²) in [5.41, 5.74) is -1.03. The summed E-state index contributed by atoms with van der Waals surface area (Å²) in [5, 5.41) is 2.06. The van der Waals surface area contributed by atoms with Gasteiger partial charge in [-0.2, -0.15) is 13.2 Å². The number of imide groups is 2. The zero-order valence-electron chi connectivity index (χ0n) is 15.6. The highest BCUT2D eigenvalue weighted by Gasteiger charge is 2.36. The maximum absolute atomic E-state index is 12.9. The number of rotatable bonds is 4. The first-order chi connectivity index (χ1) is 14.7. The Balaban J connectivity index is 1.61. The Labute approximate surface area is 172 Å².